The van der Waals surface area contributed by atoms with E-state index in [0.29, 0.717) is 17.6 Å². The van der Waals surface area contributed by atoms with Crippen LogP contribution in [-0.2, 0) is 12.0 Å². The number of aromatic nitrogens is 2. The topological polar surface area (TPSA) is 55.1 Å². The van der Waals surface area contributed by atoms with E-state index in [4.69, 9.17) is 0 Å². The number of fused-ring (bicyclic) bond motifs is 1. The molecule has 35 heavy (non-hydrogen) atoms. The quantitative estimate of drug-likeness (QED) is 0.378. The zero-order chi connectivity index (χ0) is 25.6. The van der Waals surface area contributed by atoms with Gasteiger partial charge < -0.3 is 5.11 Å². The minimum absolute atomic E-state index is 0.00538. The van der Waals surface area contributed by atoms with Crippen LogP contribution in [0.3, 0.4) is 0 Å². The van der Waals surface area contributed by atoms with Crippen molar-refractivity contribution < 1.29 is 31.4 Å². The van der Waals surface area contributed by atoms with Crippen LogP contribution in [0.2, 0.25) is 0 Å². The van der Waals surface area contributed by atoms with Crippen molar-refractivity contribution in [3.63, 3.8) is 0 Å². The van der Waals surface area contributed by atoms with Crippen molar-refractivity contribution in [2.45, 2.75) is 31.3 Å². The molecule has 0 saturated carbocycles. The highest BCUT2D eigenvalue weighted by molar-refractivity contribution is 5.77. The molecule has 0 unspecified atom stereocenters. The van der Waals surface area contributed by atoms with E-state index in [9.17, 15) is 36.2 Å². The largest absolute Gasteiger partial charge is 0.430 e. The van der Waals surface area contributed by atoms with Crippen molar-refractivity contribution in [3.8, 4) is 5.69 Å². The Morgan fingerprint density at radius 3 is 1.97 bits per heavy atom. The minimum atomic E-state index is -6.01. The number of benzene rings is 3. The zero-order valence-corrected chi connectivity index (χ0v) is 18.2. The molecule has 0 saturated heterocycles. The van der Waals surface area contributed by atoms with Gasteiger partial charge in [0.2, 0.25) is 0 Å². The van der Waals surface area contributed by atoms with E-state index in [-0.39, 0.29) is 23.3 Å². The molecule has 0 aliphatic heterocycles. The molecule has 1 aromatic heterocycles. The van der Waals surface area contributed by atoms with E-state index in [2.05, 4.69) is 4.98 Å². The van der Waals surface area contributed by atoms with Gasteiger partial charge in [0.05, 0.1) is 16.6 Å². The summed E-state index contributed by atoms with van der Waals surface area (Å²) in [6, 6.07) is 16.7. The maximum atomic E-state index is 13.3. The van der Waals surface area contributed by atoms with Gasteiger partial charge in [-0.15, -0.1) is 0 Å². The predicted octanol–water partition coefficient (Wildman–Crippen LogP) is 5.60. The van der Waals surface area contributed by atoms with Crippen molar-refractivity contribution in [2.75, 3.05) is 0 Å². The smallest absolute Gasteiger partial charge is 0.369 e. The van der Waals surface area contributed by atoms with Crippen LogP contribution in [0, 0.1) is 6.92 Å². The highest BCUT2D eigenvalue weighted by atomic mass is 19.4. The summed E-state index contributed by atoms with van der Waals surface area (Å²) in [7, 11) is 0. The number of alkyl halides is 6. The summed E-state index contributed by atoms with van der Waals surface area (Å²) >= 11 is 0. The highest BCUT2D eigenvalue weighted by Crippen LogP contribution is 2.50. The third kappa shape index (κ3) is 4.29. The number of aryl methyl sites for hydroxylation is 1. The van der Waals surface area contributed by atoms with Gasteiger partial charge in [-0.25, -0.2) is 4.98 Å². The Labute approximate surface area is 195 Å². The first-order chi connectivity index (χ1) is 16.3. The molecule has 4 rings (SSSR count). The molecule has 4 nitrogen and oxygen atoms in total. The van der Waals surface area contributed by atoms with Crippen LogP contribution in [0.5, 0.6) is 0 Å². The van der Waals surface area contributed by atoms with Crippen molar-refractivity contribution in [3.05, 3.63) is 106 Å². The molecule has 1 N–H and O–H groups in total. The number of rotatable bonds is 4. The number of halogens is 6. The molecule has 0 radical (unpaired) electrons. The molecular formula is C25H18F6N2O2. The Kier molecular flexibility index (Phi) is 5.96. The second kappa shape index (κ2) is 8.53. The van der Waals surface area contributed by atoms with Crippen molar-refractivity contribution in [2.24, 2.45) is 0 Å². The molecule has 10 heteroatoms. The maximum absolute atomic E-state index is 13.3. The maximum Gasteiger partial charge on any atom is 0.430 e. The Bertz CT molecular complexity index is 1410. The summed E-state index contributed by atoms with van der Waals surface area (Å²) in [4.78, 5) is 17.8. The molecule has 0 fully saturated rings. The Hall–Kier alpha value is -3.66. The van der Waals surface area contributed by atoms with Crippen molar-refractivity contribution in [1.82, 2.24) is 9.55 Å². The van der Waals surface area contributed by atoms with Gasteiger partial charge in [-0.2, -0.15) is 26.3 Å². The molecule has 0 bridgehead atoms. The van der Waals surface area contributed by atoms with Crippen LogP contribution in [0.15, 0.2) is 77.6 Å². The summed E-state index contributed by atoms with van der Waals surface area (Å²) in [5, 5.41) is 9.88. The second-order valence-corrected chi connectivity index (χ2v) is 8.10. The van der Waals surface area contributed by atoms with Gasteiger partial charge in [0.25, 0.3) is 11.2 Å². The number of hydrogen-bond donors (Lipinski definition) is 1. The van der Waals surface area contributed by atoms with Gasteiger partial charge in [0.1, 0.15) is 5.82 Å². The molecule has 4 aromatic rings. The molecule has 1 heterocycles. The standard InChI is InChI=1S/C25H18F6N2O2/c1-15-6-8-16(9-7-15)14-21-32-20-5-3-2-4-19(20)22(34)33(21)18-12-10-17(11-13-18)23(35,24(26,27)28)25(29,30)31/h2-13,35H,14H2,1H3. The van der Waals surface area contributed by atoms with Crippen LogP contribution in [0.4, 0.5) is 26.3 Å². The van der Waals surface area contributed by atoms with Crippen LogP contribution in [0.1, 0.15) is 22.5 Å². The fourth-order valence-electron chi connectivity index (χ4n) is 3.79. The van der Waals surface area contributed by atoms with Gasteiger partial charge in [-0.1, -0.05) is 54.1 Å². The predicted molar refractivity (Wildman–Crippen MR) is 117 cm³/mol. The lowest BCUT2D eigenvalue weighted by Gasteiger charge is -2.32. The molecule has 0 spiro atoms. The monoisotopic (exact) mass is 492 g/mol. The van der Waals surface area contributed by atoms with Gasteiger partial charge >= 0.3 is 12.4 Å². The van der Waals surface area contributed by atoms with Crippen LogP contribution in [-0.4, -0.2) is 27.0 Å². The minimum Gasteiger partial charge on any atom is -0.369 e. The lowest BCUT2D eigenvalue weighted by Crippen LogP contribution is -2.53. The van der Waals surface area contributed by atoms with E-state index in [0.717, 1.165) is 27.8 Å². The molecular weight excluding hydrogens is 474 g/mol. The van der Waals surface area contributed by atoms with Gasteiger partial charge in [0, 0.05) is 12.0 Å². The van der Waals surface area contributed by atoms with Crippen molar-refractivity contribution >= 4 is 10.9 Å². The van der Waals surface area contributed by atoms with Gasteiger partial charge in [0.15, 0.2) is 0 Å². The first-order valence-corrected chi connectivity index (χ1v) is 10.4. The van der Waals surface area contributed by atoms with Crippen LogP contribution in [0.25, 0.3) is 16.6 Å². The van der Waals surface area contributed by atoms with E-state index < -0.39 is 29.1 Å². The van der Waals surface area contributed by atoms with E-state index in [1.807, 2.05) is 31.2 Å². The highest BCUT2D eigenvalue weighted by Gasteiger charge is 2.71. The lowest BCUT2D eigenvalue weighted by atomic mass is 9.92. The molecule has 3 aromatic carbocycles. The summed E-state index contributed by atoms with van der Waals surface area (Å²) in [6.07, 6.45) is -11.8. The molecule has 182 valence electrons. The Morgan fingerprint density at radius 2 is 1.40 bits per heavy atom. The number of hydrogen-bond acceptors (Lipinski definition) is 3. The summed E-state index contributed by atoms with van der Waals surface area (Å²) in [5.41, 5.74) is -4.80. The van der Waals surface area contributed by atoms with E-state index in [1.54, 1.807) is 18.2 Å². The SMILES string of the molecule is Cc1ccc(Cc2nc3ccccc3c(=O)n2-c2ccc(C(O)(C(F)(F)F)C(F)(F)F)cc2)cc1. The molecule has 0 amide bonds. The molecule has 0 aliphatic rings. The van der Waals surface area contributed by atoms with E-state index in [1.165, 1.54) is 6.07 Å². The normalized spacial score (nSPS) is 12.8. The summed E-state index contributed by atoms with van der Waals surface area (Å²) in [6.45, 7) is 1.90. The Balaban J connectivity index is 1.88. The van der Waals surface area contributed by atoms with Gasteiger partial charge in [-0.3, -0.25) is 9.36 Å². The van der Waals surface area contributed by atoms with Gasteiger partial charge in [-0.05, 0) is 36.8 Å². The molecule has 0 atom stereocenters. The zero-order valence-electron chi connectivity index (χ0n) is 18.2. The van der Waals surface area contributed by atoms with E-state index >= 15 is 0 Å². The van der Waals surface area contributed by atoms with Crippen LogP contribution >= 0.6 is 0 Å². The lowest BCUT2D eigenvalue weighted by molar-refractivity contribution is -0.376. The average molecular weight is 492 g/mol. The fourth-order valence-corrected chi connectivity index (χ4v) is 3.79. The first-order valence-electron chi connectivity index (χ1n) is 10.4. The Morgan fingerprint density at radius 1 is 0.829 bits per heavy atom. The molecule has 0 aliphatic carbocycles. The number of nitrogens with zero attached hydrogens (tertiary/aromatic N) is 2. The third-order valence-corrected chi connectivity index (χ3v) is 5.69. The number of para-hydroxylation sites is 1. The fraction of sp³-hybridized carbons (Fsp3) is 0.200. The second-order valence-electron chi connectivity index (χ2n) is 8.10. The van der Waals surface area contributed by atoms with Crippen LogP contribution < -0.4 is 5.56 Å². The summed E-state index contributed by atoms with van der Waals surface area (Å²) in [5.74, 6) is 0.243. The number of aliphatic hydroxyl groups is 1. The van der Waals surface area contributed by atoms with Crippen molar-refractivity contribution in [1.29, 1.82) is 0 Å². The summed E-state index contributed by atoms with van der Waals surface area (Å²) < 4.78 is 80.6. The average Bonchev–Trinajstić information content (AvgIpc) is 2.79. The third-order valence-electron chi connectivity index (χ3n) is 5.69. The first kappa shape index (κ1) is 24.5.